The van der Waals surface area contributed by atoms with Gasteiger partial charge in [-0.2, -0.15) is 5.10 Å². The van der Waals surface area contributed by atoms with Gasteiger partial charge in [-0.3, -0.25) is 14.2 Å². The van der Waals surface area contributed by atoms with Gasteiger partial charge in [0.15, 0.2) is 5.69 Å². The van der Waals surface area contributed by atoms with Crippen molar-refractivity contribution in [2.75, 3.05) is 13.1 Å². The molecule has 0 unspecified atom stereocenters. The molecule has 3 heterocycles. The van der Waals surface area contributed by atoms with Gasteiger partial charge in [-0.25, -0.2) is 13.9 Å². The molecule has 1 N–H and O–H groups in total. The maximum atomic E-state index is 14.3. The number of halogens is 1. The molecule has 5 rings (SSSR count). The Labute approximate surface area is 187 Å². The number of carbonyl (C=O) groups is 1. The first kappa shape index (κ1) is 20.9. The van der Waals surface area contributed by atoms with Gasteiger partial charge in [-0.15, -0.1) is 0 Å². The summed E-state index contributed by atoms with van der Waals surface area (Å²) in [4.78, 5) is 42.7. The van der Waals surface area contributed by atoms with Gasteiger partial charge >= 0.3 is 5.69 Å². The molecule has 168 valence electrons. The van der Waals surface area contributed by atoms with Crippen molar-refractivity contribution in [1.29, 1.82) is 0 Å². The minimum atomic E-state index is -0.500. The topological polar surface area (TPSA) is 93.0 Å². The lowest BCUT2D eigenvalue weighted by atomic mass is 10.0. The van der Waals surface area contributed by atoms with Crippen LogP contribution in [0.2, 0.25) is 0 Å². The van der Waals surface area contributed by atoms with E-state index in [1.165, 1.54) is 16.8 Å². The molecule has 2 aromatic carbocycles. The molecule has 33 heavy (non-hydrogen) atoms. The molecule has 4 aromatic rings. The normalized spacial score (nSPS) is 14.7. The van der Waals surface area contributed by atoms with Crippen molar-refractivity contribution in [3.63, 3.8) is 0 Å². The van der Waals surface area contributed by atoms with Gasteiger partial charge in [0.1, 0.15) is 11.5 Å². The molecule has 1 fully saturated rings. The van der Waals surface area contributed by atoms with Crippen molar-refractivity contribution in [2.45, 2.75) is 25.8 Å². The molecule has 0 atom stereocenters. The lowest BCUT2D eigenvalue weighted by Crippen LogP contribution is -2.42. The van der Waals surface area contributed by atoms with Crippen LogP contribution in [0.5, 0.6) is 0 Å². The summed E-state index contributed by atoms with van der Waals surface area (Å²) in [6, 6.07) is 14.8. The predicted molar refractivity (Wildman–Crippen MR) is 121 cm³/mol. The molecule has 2 aromatic heterocycles. The minimum absolute atomic E-state index is 0.0567. The number of amides is 1. The highest BCUT2D eigenvalue weighted by molar-refractivity contribution is 5.92. The maximum Gasteiger partial charge on any atom is 0.326 e. The van der Waals surface area contributed by atoms with E-state index in [9.17, 15) is 18.8 Å². The van der Waals surface area contributed by atoms with E-state index in [4.69, 9.17) is 0 Å². The number of para-hydroxylation sites is 3. The number of benzene rings is 2. The van der Waals surface area contributed by atoms with Crippen molar-refractivity contribution in [1.82, 2.24) is 24.2 Å². The van der Waals surface area contributed by atoms with Crippen LogP contribution in [0, 0.1) is 12.7 Å². The smallest absolute Gasteiger partial charge is 0.326 e. The molecule has 1 saturated heterocycles. The summed E-state index contributed by atoms with van der Waals surface area (Å²) in [7, 11) is 0. The Morgan fingerprint density at radius 1 is 1.06 bits per heavy atom. The first-order valence-corrected chi connectivity index (χ1v) is 10.8. The Bertz CT molecular complexity index is 1480. The van der Waals surface area contributed by atoms with Crippen LogP contribution in [0.1, 0.15) is 35.1 Å². The van der Waals surface area contributed by atoms with E-state index in [1.54, 1.807) is 34.6 Å². The molecule has 0 saturated carbocycles. The van der Waals surface area contributed by atoms with Crippen LogP contribution in [0.15, 0.2) is 64.2 Å². The number of likely N-dealkylation sites (tertiary alicyclic amines) is 1. The number of imidazole rings is 1. The molecule has 1 aliphatic rings. The number of fused-ring (bicyclic) bond motifs is 1. The second-order valence-corrected chi connectivity index (χ2v) is 8.20. The second kappa shape index (κ2) is 8.16. The van der Waals surface area contributed by atoms with Crippen molar-refractivity contribution < 1.29 is 9.18 Å². The number of H-pyrrole nitrogens is 1. The summed E-state index contributed by atoms with van der Waals surface area (Å²) in [5, 5.41) is 4.21. The van der Waals surface area contributed by atoms with Gasteiger partial charge in [-0.1, -0.05) is 24.3 Å². The third-order valence-corrected chi connectivity index (χ3v) is 6.13. The zero-order chi connectivity index (χ0) is 23.1. The molecule has 9 heteroatoms. The van der Waals surface area contributed by atoms with E-state index in [-0.39, 0.29) is 23.1 Å². The monoisotopic (exact) mass is 447 g/mol. The standard InChI is InChI=1S/C24H22FN5O3/c1-15-14-21(31)22(27-30(15)19-8-4-2-6-17(19)25)23(32)28-12-10-16(11-13-28)29-20-9-5-3-7-18(20)26-24(29)33/h2-9,14,16H,10-13H2,1H3,(H,26,33). The number of piperidine rings is 1. The number of carbonyl (C=O) groups excluding carboxylic acids is 1. The lowest BCUT2D eigenvalue weighted by molar-refractivity contribution is 0.0685. The molecular weight excluding hydrogens is 425 g/mol. The average molecular weight is 447 g/mol. The molecular formula is C24H22FN5O3. The molecule has 0 spiro atoms. The van der Waals surface area contributed by atoms with Gasteiger partial charge in [0.2, 0.25) is 5.43 Å². The van der Waals surface area contributed by atoms with Crippen molar-refractivity contribution in [3.05, 3.63) is 92.5 Å². The summed E-state index contributed by atoms with van der Waals surface area (Å²) in [6.07, 6.45) is 1.14. The lowest BCUT2D eigenvalue weighted by Gasteiger charge is -2.32. The highest BCUT2D eigenvalue weighted by Gasteiger charge is 2.29. The minimum Gasteiger partial charge on any atom is -0.337 e. The van der Waals surface area contributed by atoms with Crippen LogP contribution in [0.3, 0.4) is 0 Å². The van der Waals surface area contributed by atoms with Crippen molar-refractivity contribution in [2.24, 2.45) is 0 Å². The van der Waals surface area contributed by atoms with Crippen LogP contribution in [-0.4, -0.2) is 43.2 Å². The summed E-state index contributed by atoms with van der Waals surface area (Å²) >= 11 is 0. The Kier molecular flexibility index (Phi) is 5.16. The number of nitrogens with one attached hydrogen (secondary N) is 1. The van der Waals surface area contributed by atoms with Crippen LogP contribution >= 0.6 is 0 Å². The summed E-state index contributed by atoms with van der Waals surface area (Å²) in [6.45, 7) is 2.40. The molecule has 0 aliphatic carbocycles. The van der Waals surface area contributed by atoms with E-state index in [0.717, 1.165) is 11.0 Å². The zero-order valence-corrected chi connectivity index (χ0v) is 18.0. The molecule has 0 radical (unpaired) electrons. The third-order valence-electron chi connectivity index (χ3n) is 6.13. The van der Waals surface area contributed by atoms with Gasteiger partial charge in [0.05, 0.1) is 11.0 Å². The Balaban J connectivity index is 1.40. The maximum absolute atomic E-state index is 14.3. The number of hydrogen-bond acceptors (Lipinski definition) is 4. The van der Waals surface area contributed by atoms with E-state index in [2.05, 4.69) is 10.1 Å². The Morgan fingerprint density at radius 2 is 1.76 bits per heavy atom. The highest BCUT2D eigenvalue weighted by atomic mass is 19.1. The van der Waals surface area contributed by atoms with E-state index in [0.29, 0.717) is 31.6 Å². The van der Waals surface area contributed by atoms with Gasteiger partial charge < -0.3 is 9.88 Å². The van der Waals surface area contributed by atoms with Crippen LogP contribution in [-0.2, 0) is 0 Å². The number of hydrogen-bond donors (Lipinski definition) is 1. The van der Waals surface area contributed by atoms with Crippen molar-refractivity contribution >= 4 is 16.9 Å². The average Bonchev–Trinajstić information content (AvgIpc) is 3.15. The predicted octanol–water partition coefficient (Wildman–Crippen LogP) is 2.80. The van der Waals surface area contributed by atoms with E-state index in [1.807, 2.05) is 24.3 Å². The van der Waals surface area contributed by atoms with Crippen LogP contribution in [0.4, 0.5) is 4.39 Å². The number of nitrogens with zero attached hydrogens (tertiary/aromatic N) is 4. The van der Waals surface area contributed by atoms with Crippen molar-refractivity contribution in [3.8, 4) is 5.69 Å². The number of aromatic nitrogens is 4. The third kappa shape index (κ3) is 3.65. The molecule has 1 amide bonds. The van der Waals surface area contributed by atoms with Crippen LogP contribution in [0.25, 0.3) is 16.7 Å². The fourth-order valence-electron chi connectivity index (χ4n) is 4.48. The van der Waals surface area contributed by atoms with E-state index < -0.39 is 17.2 Å². The zero-order valence-electron chi connectivity index (χ0n) is 18.0. The molecule has 8 nitrogen and oxygen atoms in total. The van der Waals surface area contributed by atoms with Crippen LogP contribution < -0.4 is 11.1 Å². The first-order chi connectivity index (χ1) is 15.9. The largest absolute Gasteiger partial charge is 0.337 e. The molecule has 1 aliphatic heterocycles. The Hall–Kier alpha value is -4.01. The summed E-state index contributed by atoms with van der Waals surface area (Å²) in [5.74, 6) is -0.991. The highest BCUT2D eigenvalue weighted by Crippen LogP contribution is 2.25. The number of aromatic amines is 1. The Morgan fingerprint density at radius 3 is 2.52 bits per heavy atom. The first-order valence-electron chi connectivity index (χ1n) is 10.8. The van der Waals surface area contributed by atoms with Gasteiger partial charge in [-0.05, 0) is 44.0 Å². The summed E-state index contributed by atoms with van der Waals surface area (Å²) in [5.41, 5.74) is 1.29. The SMILES string of the molecule is Cc1cc(=O)c(C(=O)N2CCC(n3c(=O)[nH]c4ccccc43)CC2)nn1-c1ccccc1F. The number of aryl methyl sites for hydroxylation is 1. The fraction of sp³-hybridized carbons (Fsp3) is 0.250. The number of rotatable bonds is 3. The summed E-state index contributed by atoms with van der Waals surface area (Å²) < 4.78 is 17.3. The quantitative estimate of drug-likeness (QED) is 0.523. The van der Waals surface area contributed by atoms with E-state index >= 15 is 0 Å². The second-order valence-electron chi connectivity index (χ2n) is 8.20. The van der Waals surface area contributed by atoms with Gasteiger partial charge in [0, 0.05) is 30.9 Å². The van der Waals surface area contributed by atoms with Gasteiger partial charge in [0.25, 0.3) is 5.91 Å². The molecule has 0 bridgehead atoms. The fourth-order valence-corrected chi connectivity index (χ4v) is 4.48.